The van der Waals surface area contributed by atoms with Gasteiger partial charge in [-0.2, -0.15) is 0 Å². The molecule has 152 valence electrons. The minimum absolute atomic E-state index is 0.415. The van der Waals surface area contributed by atoms with Crippen LogP contribution in [0.2, 0.25) is 0 Å². The van der Waals surface area contributed by atoms with Crippen molar-refractivity contribution in [3.8, 4) is 17.2 Å². The lowest BCUT2D eigenvalue weighted by molar-refractivity contribution is 0.324. The van der Waals surface area contributed by atoms with Crippen molar-refractivity contribution in [2.75, 3.05) is 33.3 Å². The number of hydrogen-bond acceptors (Lipinski definition) is 5. The van der Waals surface area contributed by atoms with Crippen LogP contribution in [0.25, 0.3) is 0 Å². The standard InChI is InChI=1S/C22H31N3O3/c1-8-15(3)22(25-12-16(4)17(9-2)13-25)24-14-23-18-10-19(26-5)21(28-7)20(11-18)27-6/h8,10-13,23H,9,14H2,1-7H3/b15-8-,24-22+. The van der Waals surface area contributed by atoms with E-state index in [1.165, 1.54) is 11.1 Å². The van der Waals surface area contributed by atoms with E-state index < -0.39 is 0 Å². The number of allylic oxidation sites excluding steroid dienone is 2. The SMILES string of the molecule is C/C=C(C)\C(=N/CNc1cc(OC)c(OC)c(OC)c1)n1cc(C)c(CC)c1. The third-order valence-electron chi connectivity index (χ3n) is 4.72. The maximum Gasteiger partial charge on any atom is 0.203 e. The summed E-state index contributed by atoms with van der Waals surface area (Å²) in [6.45, 7) is 8.80. The van der Waals surface area contributed by atoms with Gasteiger partial charge in [-0.3, -0.25) is 0 Å². The number of aliphatic imine (C=N–C) groups is 1. The number of benzene rings is 1. The van der Waals surface area contributed by atoms with Crippen LogP contribution in [-0.4, -0.2) is 38.4 Å². The van der Waals surface area contributed by atoms with E-state index in [4.69, 9.17) is 19.2 Å². The van der Waals surface area contributed by atoms with Crippen molar-refractivity contribution in [3.05, 3.63) is 47.3 Å². The Balaban J connectivity index is 2.28. The molecule has 0 saturated heterocycles. The molecule has 1 aromatic heterocycles. The van der Waals surface area contributed by atoms with E-state index in [0.717, 1.165) is 23.5 Å². The molecule has 0 spiro atoms. The fourth-order valence-corrected chi connectivity index (χ4v) is 3.02. The normalized spacial score (nSPS) is 12.1. The summed E-state index contributed by atoms with van der Waals surface area (Å²) in [4.78, 5) is 4.79. The molecular formula is C22H31N3O3. The van der Waals surface area contributed by atoms with Gasteiger partial charge >= 0.3 is 0 Å². The summed E-state index contributed by atoms with van der Waals surface area (Å²) in [5.74, 6) is 2.70. The summed E-state index contributed by atoms with van der Waals surface area (Å²) < 4.78 is 18.3. The molecule has 6 nitrogen and oxygen atoms in total. The molecule has 1 heterocycles. The maximum absolute atomic E-state index is 5.41. The molecule has 2 rings (SSSR count). The second kappa shape index (κ2) is 9.88. The molecule has 28 heavy (non-hydrogen) atoms. The highest BCUT2D eigenvalue weighted by Gasteiger charge is 2.13. The van der Waals surface area contributed by atoms with Crippen molar-refractivity contribution in [2.24, 2.45) is 4.99 Å². The lowest BCUT2D eigenvalue weighted by atomic mass is 10.2. The summed E-state index contributed by atoms with van der Waals surface area (Å²) in [6.07, 6.45) is 7.36. The highest BCUT2D eigenvalue weighted by Crippen LogP contribution is 2.39. The minimum atomic E-state index is 0.415. The molecule has 0 aliphatic carbocycles. The molecule has 0 atom stereocenters. The van der Waals surface area contributed by atoms with Crippen molar-refractivity contribution < 1.29 is 14.2 Å². The Morgan fingerprint density at radius 3 is 2.21 bits per heavy atom. The number of ether oxygens (including phenoxy) is 3. The molecule has 0 fully saturated rings. The molecule has 0 unspecified atom stereocenters. The van der Waals surface area contributed by atoms with Crippen LogP contribution in [-0.2, 0) is 6.42 Å². The highest BCUT2D eigenvalue weighted by atomic mass is 16.5. The van der Waals surface area contributed by atoms with E-state index in [1.54, 1.807) is 21.3 Å². The van der Waals surface area contributed by atoms with Crippen LogP contribution in [0.3, 0.4) is 0 Å². The van der Waals surface area contributed by atoms with Gasteiger partial charge in [0.05, 0.1) is 21.3 Å². The Bertz CT molecular complexity index is 841. The molecule has 0 radical (unpaired) electrons. The van der Waals surface area contributed by atoms with Crippen LogP contribution < -0.4 is 19.5 Å². The van der Waals surface area contributed by atoms with Crippen LogP contribution in [0.15, 0.2) is 41.2 Å². The van der Waals surface area contributed by atoms with Gasteiger partial charge in [0.25, 0.3) is 0 Å². The van der Waals surface area contributed by atoms with E-state index in [-0.39, 0.29) is 0 Å². The predicted molar refractivity (Wildman–Crippen MR) is 115 cm³/mol. The molecule has 0 amide bonds. The van der Waals surface area contributed by atoms with Gasteiger partial charge < -0.3 is 24.1 Å². The summed E-state index contributed by atoms with van der Waals surface area (Å²) in [5.41, 5.74) is 4.56. The van der Waals surface area contributed by atoms with Crippen molar-refractivity contribution in [1.29, 1.82) is 0 Å². The largest absolute Gasteiger partial charge is 0.493 e. The van der Waals surface area contributed by atoms with Crippen LogP contribution in [0.5, 0.6) is 17.2 Å². The number of hydrogen-bond donors (Lipinski definition) is 1. The quantitative estimate of drug-likeness (QED) is 0.530. The van der Waals surface area contributed by atoms with Crippen LogP contribution in [0, 0.1) is 6.92 Å². The second-order valence-electron chi connectivity index (χ2n) is 6.43. The van der Waals surface area contributed by atoms with Crippen molar-refractivity contribution in [1.82, 2.24) is 4.57 Å². The first-order chi connectivity index (χ1) is 13.5. The zero-order valence-corrected chi connectivity index (χ0v) is 17.9. The number of aryl methyl sites for hydroxylation is 2. The average molecular weight is 386 g/mol. The fourth-order valence-electron chi connectivity index (χ4n) is 3.02. The topological polar surface area (TPSA) is 57.0 Å². The van der Waals surface area contributed by atoms with Gasteiger partial charge in [0.1, 0.15) is 12.5 Å². The Labute approximate surface area is 167 Å². The van der Waals surface area contributed by atoms with E-state index >= 15 is 0 Å². The third kappa shape index (κ3) is 4.68. The molecular weight excluding hydrogens is 354 g/mol. The summed E-state index contributed by atoms with van der Waals surface area (Å²) in [7, 11) is 4.80. The Morgan fingerprint density at radius 1 is 1.11 bits per heavy atom. The Kier molecular flexibility index (Phi) is 7.55. The first-order valence-electron chi connectivity index (χ1n) is 9.38. The monoisotopic (exact) mass is 385 g/mol. The number of methoxy groups -OCH3 is 3. The average Bonchev–Trinajstić information content (AvgIpc) is 3.09. The second-order valence-corrected chi connectivity index (χ2v) is 6.43. The lowest BCUT2D eigenvalue weighted by Gasteiger charge is -2.15. The molecule has 1 N–H and O–H groups in total. The molecule has 2 aromatic rings. The van der Waals surface area contributed by atoms with E-state index in [0.29, 0.717) is 23.9 Å². The number of nitrogens with one attached hydrogen (secondary N) is 1. The van der Waals surface area contributed by atoms with Gasteiger partial charge in [0.2, 0.25) is 5.75 Å². The van der Waals surface area contributed by atoms with Gasteiger partial charge in [-0.25, -0.2) is 4.99 Å². The van der Waals surface area contributed by atoms with Crippen LogP contribution in [0.4, 0.5) is 5.69 Å². The first-order valence-corrected chi connectivity index (χ1v) is 9.38. The minimum Gasteiger partial charge on any atom is -0.493 e. The Hall–Kier alpha value is -2.89. The summed E-state index contributed by atoms with van der Waals surface area (Å²) >= 11 is 0. The highest BCUT2D eigenvalue weighted by molar-refractivity contribution is 5.99. The lowest BCUT2D eigenvalue weighted by Crippen LogP contribution is -2.14. The maximum atomic E-state index is 5.41. The van der Waals surface area contributed by atoms with Crippen molar-refractivity contribution >= 4 is 11.5 Å². The van der Waals surface area contributed by atoms with Gasteiger partial charge in [-0.15, -0.1) is 0 Å². The molecule has 0 bridgehead atoms. The number of nitrogens with zero attached hydrogens (tertiary/aromatic N) is 2. The number of rotatable bonds is 8. The van der Waals surface area contributed by atoms with Crippen molar-refractivity contribution in [2.45, 2.75) is 34.1 Å². The van der Waals surface area contributed by atoms with E-state index in [9.17, 15) is 0 Å². The fraction of sp³-hybridized carbons (Fsp3) is 0.409. The van der Waals surface area contributed by atoms with Crippen LogP contribution in [0.1, 0.15) is 31.9 Å². The summed E-state index contributed by atoms with van der Waals surface area (Å²) in [6, 6.07) is 3.74. The smallest absolute Gasteiger partial charge is 0.203 e. The molecule has 0 aliphatic rings. The van der Waals surface area contributed by atoms with Crippen LogP contribution >= 0.6 is 0 Å². The van der Waals surface area contributed by atoms with Gasteiger partial charge in [-0.05, 0) is 43.9 Å². The molecule has 1 aromatic carbocycles. The van der Waals surface area contributed by atoms with Gasteiger partial charge in [0.15, 0.2) is 11.5 Å². The van der Waals surface area contributed by atoms with Gasteiger partial charge in [-0.1, -0.05) is 13.0 Å². The summed E-state index contributed by atoms with van der Waals surface area (Å²) in [5, 5.41) is 3.32. The van der Waals surface area contributed by atoms with E-state index in [2.05, 4.69) is 49.1 Å². The number of anilines is 1. The molecule has 6 heteroatoms. The number of aromatic nitrogens is 1. The zero-order chi connectivity index (χ0) is 20.7. The molecule has 0 aliphatic heterocycles. The van der Waals surface area contributed by atoms with Crippen molar-refractivity contribution in [3.63, 3.8) is 0 Å². The molecule has 0 saturated carbocycles. The third-order valence-corrected chi connectivity index (χ3v) is 4.72. The predicted octanol–water partition coefficient (Wildman–Crippen LogP) is 4.67. The van der Waals surface area contributed by atoms with E-state index in [1.807, 2.05) is 19.1 Å². The van der Waals surface area contributed by atoms with Gasteiger partial charge in [0, 0.05) is 30.2 Å². The first kappa shape index (κ1) is 21.4. The zero-order valence-electron chi connectivity index (χ0n) is 17.9. The Morgan fingerprint density at radius 2 is 1.75 bits per heavy atom.